The number of carbonyl (C=O) groups excluding carboxylic acids is 1. The molecule has 0 saturated heterocycles. The molecule has 3 heteroatoms. The Bertz CT molecular complexity index is 1050. The van der Waals surface area contributed by atoms with Gasteiger partial charge in [-0.1, -0.05) is 64.1 Å². The van der Waals surface area contributed by atoms with E-state index in [-0.39, 0.29) is 22.2 Å². The van der Waals surface area contributed by atoms with Crippen molar-refractivity contribution in [2.75, 3.05) is 0 Å². The van der Waals surface area contributed by atoms with Gasteiger partial charge >= 0.3 is 5.97 Å². The molecule has 0 spiro atoms. The molecule has 0 heterocycles. The molecule has 1 aromatic carbocycles. The van der Waals surface area contributed by atoms with Crippen molar-refractivity contribution in [2.45, 2.75) is 84.5 Å². The summed E-state index contributed by atoms with van der Waals surface area (Å²) in [5.74, 6) is 1.68. The van der Waals surface area contributed by atoms with Crippen LogP contribution in [0.15, 0.2) is 53.6 Å². The average molecular weight is 461 g/mol. The van der Waals surface area contributed by atoms with E-state index in [0.717, 1.165) is 38.5 Å². The zero-order chi connectivity index (χ0) is 24.3. The van der Waals surface area contributed by atoms with Crippen LogP contribution in [-0.2, 0) is 15.0 Å². The number of carbonyl (C=O) groups is 2. The van der Waals surface area contributed by atoms with Gasteiger partial charge in [0.05, 0.1) is 0 Å². The number of carboxylic acid groups (broad SMARTS) is 1. The molecule has 0 bridgehead atoms. The lowest BCUT2D eigenvalue weighted by molar-refractivity contribution is -0.133. The van der Waals surface area contributed by atoms with Crippen molar-refractivity contribution in [2.24, 2.45) is 34.5 Å². The van der Waals surface area contributed by atoms with Gasteiger partial charge in [-0.3, -0.25) is 4.79 Å². The first-order valence-electron chi connectivity index (χ1n) is 13.3. The molecule has 2 fully saturated rings. The topological polar surface area (TPSA) is 54.4 Å². The fourth-order valence-corrected chi connectivity index (χ4v) is 8.57. The molecule has 34 heavy (non-hydrogen) atoms. The number of Topliss-reactive ketones (excluding diaryl/α,β-unsaturated/α-hetero) is 1. The van der Waals surface area contributed by atoms with Gasteiger partial charge in [-0.05, 0) is 96.2 Å². The minimum atomic E-state index is -0.767. The maximum absolute atomic E-state index is 13.8. The van der Waals surface area contributed by atoms with E-state index in [1.54, 1.807) is 0 Å². The second-order valence-electron chi connectivity index (χ2n) is 12.7. The van der Waals surface area contributed by atoms with Crippen LogP contribution in [0.1, 0.15) is 84.6 Å². The smallest absolute Gasteiger partial charge is 0.331 e. The molecule has 3 nitrogen and oxygen atoms in total. The van der Waals surface area contributed by atoms with Gasteiger partial charge in [-0.15, -0.1) is 0 Å². The average Bonchev–Trinajstić information content (AvgIpc) is 3.16. The molecule has 2 saturated carbocycles. The molecular weight excluding hydrogens is 420 g/mol. The molecule has 4 aliphatic rings. The number of aliphatic carboxylic acids is 1. The Morgan fingerprint density at radius 2 is 1.76 bits per heavy atom. The van der Waals surface area contributed by atoms with Gasteiger partial charge in [0, 0.05) is 17.9 Å². The number of hydrogen-bond acceptors (Lipinski definition) is 2. The summed E-state index contributed by atoms with van der Waals surface area (Å²) in [5, 5.41) is 9.51. The van der Waals surface area contributed by atoms with E-state index in [4.69, 9.17) is 0 Å². The first-order chi connectivity index (χ1) is 16.1. The number of allylic oxidation sites excluding steroid dienone is 3. The summed E-state index contributed by atoms with van der Waals surface area (Å²) in [7, 11) is 0. The van der Waals surface area contributed by atoms with Crippen LogP contribution in [-0.4, -0.2) is 16.9 Å². The lowest BCUT2D eigenvalue weighted by Crippen LogP contribution is -2.50. The number of fused-ring (bicyclic) bond motifs is 5. The van der Waals surface area contributed by atoms with Gasteiger partial charge in [0.25, 0.3) is 0 Å². The van der Waals surface area contributed by atoms with Crippen LogP contribution in [0.5, 0.6) is 0 Å². The molecular formula is C31H40O3. The standard InChI is InChI=1S/C31H40O3/c1-29(2,21-8-6-5-7-9-21)19-27(32)26-13-12-24-23-11-10-22-18-20(28(33)34)14-16-30(22,3)25(23)15-17-31(24,26)4/h5-10,18,23-26H,11-17,19H2,1-4H3,(H,33,34)/t23?,24?,25?,26-,30+,31+/m1/s1. The largest absolute Gasteiger partial charge is 0.478 e. The monoisotopic (exact) mass is 460 g/mol. The Hall–Kier alpha value is -2.16. The van der Waals surface area contributed by atoms with Crippen molar-refractivity contribution in [1.82, 2.24) is 0 Å². The zero-order valence-corrected chi connectivity index (χ0v) is 21.3. The summed E-state index contributed by atoms with van der Waals surface area (Å²) in [4.78, 5) is 25.3. The van der Waals surface area contributed by atoms with Gasteiger partial charge in [0.15, 0.2) is 0 Å². The molecule has 0 amide bonds. The van der Waals surface area contributed by atoms with Crippen LogP contribution >= 0.6 is 0 Å². The molecule has 182 valence electrons. The van der Waals surface area contributed by atoms with Gasteiger partial charge < -0.3 is 5.11 Å². The summed E-state index contributed by atoms with van der Waals surface area (Å²) in [5.41, 5.74) is 3.11. The van der Waals surface area contributed by atoms with Gasteiger partial charge in [0.1, 0.15) is 5.78 Å². The van der Waals surface area contributed by atoms with E-state index in [1.807, 2.05) is 12.1 Å². The number of carboxylic acids is 1. The van der Waals surface area contributed by atoms with E-state index >= 15 is 0 Å². The summed E-state index contributed by atoms with van der Waals surface area (Å²) in [6.07, 6.45) is 12.1. The maximum atomic E-state index is 13.8. The lowest BCUT2D eigenvalue weighted by Gasteiger charge is -2.57. The highest BCUT2D eigenvalue weighted by molar-refractivity contribution is 5.87. The third-order valence-electron chi connectivity index (χ3n) is 10.6. The molecule has 0 radical (unpaired) electrons. The number of benzene rings is 1. The highest BCUT2D eigenvalue weighted by atomic mass is 16.4. The Kier molecular flexibility index (Phi) is 5.69. The summed E-state index contributed by atoms with van der Waals surface area (Å²) in [6.45, 7) is 9.22. The molecule has 1 N–H and O–H groups in total. The predicted octanol–water partition coefficient (Wildman–Crippen LogP) is 7.12. The number of hydrogen-bond donors (Lipinski definition) is 1. The van der Waals surface area contributed by atoms with Crippen LogP contribution in [0.3, 0.4) is 0 Å². The first-order valence-corrected chi connectivity index (χ1v) is 13.3. The Morgan fingerprint density at radius 1 is 1.03 bits per heavy atom. The molecule has 3 unspecified atom stereocenters. The van der Waals surface area contributed by atoms with E-state index in [2.05, 4.69) is 58.0 Å². The second kappa shape index (κ2) is 8.21. The van der Waals surface area contributed by atoms with Gasteiger partial charge in [-0.25, -0.2) is 4.79 Å². The number of rotatable bonds is 5. The van der Waals surface area contributed by atoms with Crippen molar-refractivity contribution in [3.05, 3.63) is 59.2 Å². The Balaban J connectivity index is 1.37. The predicted molar refractivity (Wildman–Crippen MR) is 135 cm³/mol. The molecule has 6 atom stereocenters. The molecule has 4 aliphatic carbocycles. The van der Waals surface area contributed by atoms with Crippen LogP contribution in [0.25, 0.3) is 0 Å². The van der Waals surface area contributed by atoms with Crippen LogP contribution in [0.2, 0.25) is 0 Å². The van der Waals surface area contributed by atoms with Crippen LogP contribution in [0, 0.1) is 34.5 Å². The Morgan fingerprint density at radius 3 is 2.47 bits per heavy atom. The SMILES string of the molecule is CC(C)(CC(=O)[C@H]1CCC2C3CC=C4C=C(C(=O)O)CC[C@]4(C)C3CC[C@@]21C)c1ccccc1. The first kappa shape index (κ1) is 23.6. The van der Waals surface area contributed by atoms with Crippen LogP contribution in [0.4, 0.5) is 0 Å². The van der Waals surface area contributed by atoms with Crippen molar-refractivity contribution in [3.8, 4) is 0 Å². The summed E-state index contributed by atoms with van der Waals surface area (Å²) >= 11 is 0. The normalized spacial score (nSPS) is 37.1. The Labute approximate surface area is 204 Å². The fraction of sp³-hybridized carbons (Fsp3) is 0.613. The third-order valence-corrected chi connectivity index (χ3v) is 10.6. The minimum absolute atomic E-state index is 0.0839. The number of ketones is 1. The lowest BCUT2D eigenvalue weighted by atomic mass is 9.47. The van der Waals surface area contributed by atoms with Crippen LogP contribution < -0.4 is 0 Å². The highest BCUT2D eigenvalue weighted by Crippen LogP contribution is 2.66. The molecule has 0 aliphatic heterocycles. The van der Waals surface area contributed by atoms with Crippen molar-refractivity contribution < 1.29 is 14.7 Å². The molecule has 1 aromatic rings. The van der Waals surface area contributed by atoms with Crippen molar-refractivity contribution >= 4 is 11.8 Å². The van der Waals surface area contributed by atoms with Crippen molar-refractivity contribution in [3.63, 3.8) is 0 Å². The van der Waals surface area contributed by atoms with Gasteiger partial charge in [-0.2, -0.15) is 0 Å². The van der Waals surface area contributed by atoms with E-state index in [9.17, 15) is 14.7 Å². The third kappa shape index (κ3) is 3.62. The summed E-state index contributed by atoms with van der Waals surface area (Å²) in [6, 6.07) is 10.5. The van der Waals surface area contributed by atoms with Crippen molar-refractivity contribution in [1.29, 1.82) is 0 Å². The van der Waals surface area contributed by atoms with E-state index in [1.165, 1.54) is 11.1 Å². The fourth-order valence-electron chi connectivity index (χ4n) is 8.57. The van der Waals surface area contributed by atoms with E-state index < -0.39 is 5.97 Å². The zero-order valence-electron chi connectivity index (χ0n) is 21.3. The summed E-state index contributed by atoms with van der Waals surface area (Å²) < 4.78 is 0. The van der Waals surface area contributed by atoms with E-state index in [0.29, 0.717) is 42.0 Å². The second-order valence-corrected chi connectivity index (χ2v) is 12.7. The minimum Gasteiger partial charge on any atom is -0.478 e. The molecule has 0 aromatic heterocycles. The highest BCUT2D eigenvalue weighted by Gasteiger charge is 2.59. The van der Waals surface area contributed by atoms with Gasteiger partial charge in [0.2, 0.25) is 0 Å². The maximum Gasteiger partial charge on any atom is 0.331 e. The quantitative estimate of drug-likeness (QED) is 0.509. The molecule has 5 rings (SSSR count).